The van der Waals surface area contributed by atoms with E-state index in [9.17, 15) is 30.8 Å². The number of thiazole rings is 1. The lowest BCUT2D eigenvalue weighted by atomic mass is 9.97. The molecule has 1 aromatic carbocycles. The second kappa shape index (κ2) is 12.3. The molecular formula is C25H26ClF4N5O5S2. The number of carbonyl (C=O) groups is 1. The summed E-state index contributed by atoms with van der Waals surface area (Å²) in [5.74, 6) is -0.416. The maximum absolute atomic E-state index is 13.3. The molecule has 1 atom stereocenters. The van der Waals surface area contributed by atoms with Crippen molar-refractivity contribution in [3.8, 4) is 5.75 Å². The number of allylic oxidation sites excluding steroid dienone is 1. The van der Waals surface area contributed by atoms with Crippen molar-refractivity contribution in [1.82, 2.24) is 19.9 Å². The van der Waals surface area contributed by atoms with Gasteiger partial charge in [-0.25, -0.2) is 13.8 Å². The Labute approximate surface area is 248 Å². The van der Waals surface area contributed by atoms with Crippen molar-refractivity contribution in [2.75, 3.05) is 32.4 Å². The number of oxime groups is 1. The fourth-order valence-corrected chi connectivity index (χ4v) is 6.83. The van der Waals surface area contributed by atoms with Crippen molar-refractivity contribution < 1.29 is 39.8 Å². The van der Waals surface area contributed by atoms with E-state index in [0.717, 1.165) is 17.3 Å². The van der Waals surface area contributed by atoms with Crippen LogP contribution in [0.1, 0.15) is 47.5 Å². The van der Waals surface area contributed by atoms with Crippen molar-refractivity contribution in [3.05, 3.63) is 56.6 Å². The van der Waals surface area contributed by atoms with Gasteiger partial charge in [-0.2, -0.15) is 22.2 Å². The van der Waals surface area contributed by atoms with Crippen LogP contribution in [0.5, 0.6) is 5.75 Å². The van der Waals surface area contributed by atoms with Crippen LogP contribution in [-0.2, 0) is 19.8 Å². The van der Waals surface area contributed by atoms with E-state index in [1.54, 1.807) is 12.1 Å². The van der Waals surface area contributed by atoms with E-state index in [2.05, 4.69) is 5.16 Å². The lowest BCUT2D eigenvalue weighted by Gasteiger charge is -2.35. The summed E-state index contributed by atoms with van der Waals surface area (Å²) in [5.41, 5.74) is 0.916. The molecule has 0 radical (unpaired) electrons. The van der Waals surface area contributed by atoms with E-state index in [1.807, 2.05) is 5.38 Å². The first-order chi connectivity index (χ1) is 19.9. The molecule has 1 fully saturated rings. The molecule has 3 aliphatic rings. The first-order valence-electron chi connectivity index (χ1n) is 12.9. The standard InChI is InChI=1S/C25H26ClF4N5O5S2/c1-42(37,38)40-19-4-2-3-15(26)22(19)20-11-16(32-39-20)17-13-41-24(31-17)14-5-8-33(9-6-14)21(36)12-35-18(23(27)28)7-10-34(35)25(29)30/h2-4,7,13-14,20,23,25H,5-6,8-12H2,1H3/t20-/m0/s1. The number of hydrazine groups is 1. The molecule has 0 saturated carbocycles. The Balaban J connectivity index is 1.18. The van der Waals surface area contributed by atoms with Crippen LogP contribution in [0.25, 0.3) is 0 Å². The molecule has 4 heterocycles. The smallest absolute Gasteiger partial charge is 0.311 e. The molecule has 1 aromatic heterocycles. The van der Waals surface area contributed by atoms with Crippen molar-refractivity contribution in [3.63, 3.8) is 0 Å². The molecule has 10 nitrogen and oxygen atoms in total. The molecule has 5 rings (SSSR count). The zero-order chi connectivity index (χ0) is 30.2. The molecular weight excluding hydrogens is 626 g/mol. The minimum atomic E-state index is -3.80. The third kappa shape index (κ3) is 6.66. The second-order valence-corrected chi connectivity index (χ2v) is 12.8. The average molecular weight is 652 g/mol. The van der Waals surface area contributed by atoms with Gasteiger partial charge in [-0.15, -0.1) is 11.3 Å². The van der Waals surface area contributed by atoms with Gasteiger partial charge in [0.15, 0.2) is 11.9 Å². The average Bonchev–Trinajstić information content (AvgIpc) is 3.68. The quantitative estimate of drug-likeness (QED) is 0.220. The van der Waals surface area contributed by atoms with Crippen LogP contribution in [0, 0.1) is 0 Å². The van der Waals surface area contributed by atoms with Gasteiger partial charge in [0.1, 0.15) is 12.3 Å². The maximum atomic E-state index is 13.3. The Morgan fingerprint density at radius 1 is 1.24 bits per heavy atom. The fourth-order valence-electron chi connectivity index (χ4n) is 5.07. The monoisotopic (exact) mass is 651 g/mol. The van der Waals surface area contributed by atoms with E-state index in [4.69, 9.17) is 25.6 Å². The fraction of sp³-hybridized carbons (Fsp3) is 0.480. The third-order valence-corrected chi connectivity index (χ3v) is 8.91. The number of benzene rings is 1. The minimum absolute atomic E-state index is 0.0331. The summed E-state index contributed by atoms with van der Waals surface area (Å²) in [6, 6.07) is 4.65. The summed E-state index contributed by atoms with van der Waals surface area (Å²) >= 11 is 7.77. The summed E-state index contributed by atoms with van der Waals surface area (Å²) in [7, 11) is -3.80. The van der Waals surface area contributed by atoms with Gasteiger partial charge in [0.25, 0.3) is 6.43 Å². The molecule has 0 unspecified atom stereocenters. The van der Waals surface area contributed by atoms with Gasteiger partial charge < -0.3 is 13.9 Å². The first-order valence-corrected chi connectivity index (χ1v) is 15.9. The van der Waals surface area contributed by atoms with Gasteiger partial charge >= 0.3 is 16.7 Å². The molecule has 2 aromatic rings. The molecule has 42 heavy (non-hydrogen) atoms. The maximum Gasteiger partial charge on any atom is 0.311 e. The summed E-state index contributed by atoms with van der Waals surface area (Å²) in [6.07, 6.45) is -0.304. The molecule has 1 saturated heterocycles. The number of hydrogen-bond donors (Lipinski definition) is 0. The molecule has 0 N–H and O–H groups in total. The molecule has 17 heteroatoms. The van der Waals surface area contributed by atoms with Gasteiger partial charge in [0, 0.05) is 37.4 Å². The number of rotatable bonds is 9. The van der Waals surface area contributed by atoms with Crippen LogP contribution in [-0.4, -0.2) is 85.3 Å². The molecule has 228 valence electrons. The zero-order valence-electron chi connectivity index (χ0n) is 22.1. The minimum Gasteiger partial charge on any atom is -0.387 e. The second-order valence-electron chi connectivity index (χ2n) is 9.89. The number of amides is 1. The first kappa shape index (κ1) is 30.5. The van der Waals surface area contributed by atoms with E-state index < -0.39 is 47.3 Å². The Kier molecular flexibility index (Phi) is 8.97. The van der Waals surface area contributed by atoms with Crippen molar-refractivity contribution in [1.29, 1.82) is 0 Å². The van der Waals surface area contributed by atoms with Crippen LogP contribution < -0.4 is 4.18 Å². The third-order valence-electron chi connectivity index (χ3n) is 7.09. The predicted molar refractivity (Wildman–Crippen MR) is 146 cm³/mol. The largest absolute Gasteiger partial charge is 0.387 e. The molecule has 0 aliphatic carbocycles. The normalized spacial score (nSPS) is 20.3. The van der Waals surface area contributed by atoms with E-state index in [-0.39, 0.29) is 29.7 Å². The lowest BCUT2D eigenvalue weighted by Crippen LogP contribution is -2.49. The van der Waals surface area contributed by atoms with Crippen molar-refractivity contribution in [2.24, 2.45) is 5.16 Å². The number of aromatic nitrogens is 1. The van der Waals surface area contributed by atoms with Gasteiger partial charge in [-0.1, -0.05) is 22.8 Å². The van der Waals surface area contributed by atoms with Gasteiger partial charge in [-0.05, 0) is 31.1 Å². The summed E-state index contributed by atoms with van der Waals surface area (Å²) in [4.78, 5) is 24.6. The highest BCUT2D eigenvalue weighted by Gasteiger charge is 2.37. The van der Waals surface area contributed by atoms with Crippen molar-refractivity contribution >= 4 is 44.7 Å². The Morgan fingerprint density at radius 3 is 2.64 bits per heavy atom. The summed E-state index contributed by atoms with van der Waals surface area (Å²) in [6.45, 7) is -3.32. The Bertz CT molecular complexity index is 1500. The summed E-state index contributed by atoms with van der Waals surface area (Å²) in [5, 5.41) is 8.21. The molecule has 0 bridgehead atoms. The van der Waals surface area contributed by atoms with Gasteiger partial charge in [0.05, 0.1) is 33.2 Å². The number of alkyl halides is 4. The zero-order valence-corrected chi connectivity index (χ0v) is 24.5. The lowest BCUT2D eigenvalue weighted by molar-refractivity contribution is -0.154. The number of hydrogen-bond acceptors (Lipinski definition) is 10. The van der Waals surface area contributed by atoms with Crippen LogP contribution in [0.2, 0.25) is 5.02 Å². The van der Waals surface area contributed by atoms with Crippen LogP contribution in [0.15, 0.2) is 40.5 Å². The number of carbonyl (C=O) groups excluding carboxylic acids is 1. The molecule has 3 aliphatic heterocycles. The highest BCUT2D eigenvalue weighted by atomic mass is 35.5. The summed E-state index contributed by atoms with van der Waals surface area (Å²) < 4.78 is 81.7. The number of piperidine rings is 1. The highest BCUT2D eigenvalue weighted by molar-refractivity contribution is 7.86. The predicted octanol–water partition coefficient (Wildman–Crippen LogP) is 4.61. The van der Waals surface area contributed by atoms with Crippen LogP contribution >= 0.6 is 22.9 Å². The van der Waals surface area contributed by atoms with Crippen LogP contribution in [0.3, 0.4) is 0 Å². The van der Waals surface area contributed by atoms with E-state index >= 15 is 0 Å². The Morgan fingerprint density at radius 2 is 1.98 bits per heavy atom. The number of likely N-dealkylation sites (tertiary alicyclic amines) is 1. The molecule has 1 amide bonds. The van der Waals surface area contributed by atoms with Gasteiger partial charge in [0.2, 0.25) is 5.91 Å². The Hall–Kier alpha value is -2.95. The SMILES string of the molecule is CS(=O)(=O)Oc1cccc(Cl)c1[C@@H]1CC(c2csc(C3CCN(C(=O)CN4C(C(F)F)=CCN4C(F)F)CC3)n2)=NO1. The number of halogens is 5. The number of nitrogens with zero attached hydrogens (tertiary/aromatic N) is 5. The van der Waals surface area contributed by atoms with E-state index in [0.29, 0.717) is 52.9 Å². The molecule has 0 spiro atoms. The highest BCUT2D eigenvalue weighted by Crippen LogP contribution is 2.40. The van der Waals surface area contributed by atoms with Crippen LogP contribution in [0.4, 0.5) is 17.6 Å². The topological polar surface area (TPSA) is 105 Å². The van der Waals surface area contributed by atoms with Gasteiger partial charge in [-0.3, -0.25) is 9.80 Å². The van der Waals surface area contributed by atoms with E-state index in [1.165, 1.54) is 22.3 Å². The van der Waals surface area contributed by atoms with Crippen molar-refractivity contribution in [2.45, 2.75) is 44.3 Å².